The van der Waals surface area contributed by atoms with Gasteiger partial charge in [-0.2, -0.15) is 0 Å². The lowest BCUT2D eigenvalue weighted by atomic mass is 10.1. The fourth-order valence-electron chi connectivity index (χ4n) is 4.00. The zero-order chi connectivity index (χ0) is 18.6. The standard InChI is InChI=1S/C23H29NO3/c1-16-9-11-17(12-10-16)14-25-15-19-6-4-8-22(26-19)27-21-13-18-5-2-3-7-20(18)23(21)24/h2-3,5,7,9-12,19,21-23H,4,6,8,13-15,24H2,1H3/t19?,21-,22?,23+/m1/s1. The van der Waals surface area contributed by atoms with E-state index in [1.54, 1.807) is 0 Å². The average Bonchev–Trinajstić information content (AvgIpc) is 3.00. The van der Waals surface area contributed by atoms with Gasteiger partial charge in [-0.25, -0.2) is 0 Å². The van der Waals surface area contributed by atoms with Gasteiger partial charge in [-0.15, -0.1) is 0 Å². The van der Waals surface area contributed by atoms with Gasteiger partial charge >= 0.3 is 0 Å². The molecule has 1 heterocycles. The number of aryl methyl sites for hydroxylation is 1. The summed E-state index contributed by atoms with van der Waals surface area (Å²) >= 11 is 0. The summed E-state index contributed by atoms with van der Waals surface area (Å²) in [6.07, 6.45) is 3.81. The van der Waals surface area contributed by atoms with E-state index in [0.29, 0.717) is 13.2 Å². The zero-order valence-electron chi connectivity index (χ0n) is 16.0. The van der Waals surface area contributed by atoms with Gasteiger partial charge in [-0.3, -0.25) is 0 Å². The number of benzene rings is 2. The van der Waals surface area contributed by atoms with Crippen molar-refractivity contribution in [2.45, 2.75) is 63.8 Å². The molecule has 144 valence electrons. The van der Waals surface area contributed by atoms with Crippen molar-refractivity contribution in [3.05, 3.63) is 70.8 Å². The summed E-state index contributed by atoms with van der Waals surface area (Å²) in [7, 11) is 0. The van der Waals surface area contributed by atoms with Gasteiger partial charge in [0, 0.05) is 6.42 Å². The molecule has 1 saturated heterocycles. The van der Waals surface area contributed by atoms with Gasteiger partial charge in [0.2, 0.25) is 0 Å². The van der Waals surface area contributed by atoms with Crippen LogP contribution in [0.2, 0.25) is 0 Å². The third-order valence-corrected chi connectivity index (χ3v) is 5.57. The van der Waals surface area contributed by atoms with E-state index in [9.17, 15) is 0 Å². The number of ether oxygens (including phenoxy) is 3. The molecule has 0 bridgehead atoms. The van der Waals surface area contributed by atoms with Crippen molar-refractivity contribution in [2.24, 2.45) is 5.73 Å². The van der Waals surface area contributed by atoms with Crippen molar-refractivity contribution in [1.82, 2.24) is 0 Å². The van der Waals surface area contributed by atoms with Crippen molar-refractivity contribution in [3.63, 3.8) is 0 Å². The Labute approximate surface area is 161 Å². The number of rotatable bonds is 6. The zero-order valence-corrected chi connectivity index (χ0v) is 16.0. The van der Waals surface area contributed by atoms with Crippen LogP contribution in [0.3, 0.4) is 0 Å². The Bertz CT molecular complexity index is 746. The number of hydrogen-bond acceptors (Lipinski definition) is 4. The number of fused-ring (bicyclic) bond motifs is 1. The molecule has 2 aromatic carbocycles. The highest BCUT2D eigenvalue weighted by atomic mass is 16.7. The van der Waals surface area contributed by atoms with Crippen LogP contribution in [0, 0.1) is 6.92 Å². The number of hydrogen-bond donors (Lipinski definition) is 1. The molecule has 2 aliphatic rings. The molecule has 0 amide bonds. The molecule has 1 aliphatic heterocycles. The average molecular weight is 367 g/mol. The predicted molar refractivity (Wildman–Crippen MR) is 105 cm³/mol. The van der Waals surface area contributed by atoms with Crippen molar-refractivity contribution in [3.8, 4) is 0 Å². The fraction of sp³-hybridized carbons (Fsp3) is 0.478. The molecule has 4 rings (SSSR count). The molecule has 4 nitrogen and oxygen atoms in total. The van der Waals surface area contributed by atoms with E-state index in [2.05, 4.69) is 49.4 Å². The normalized spacial score (nSPS) is 27.5. The minimum atomic E-state index is -0.183. The van der Waals surface area contributed by atoms with Crippen molar-refractivity contribution in [2.75, 3.05) is 6.61 Å². The molecule has 2 aromatic rings. The van der Waals surface area contributed by atoms with Crippen molar-refractivity contribution in [1.29, 1.82) is 0 Å². The maximum Gasteiger partial charge on any atom is 0.158 e. The van der Waals surface area contributed by atoms with Crippen molar-refractivity contribution >= 4 is 0 Å². The third-order valence-electron chi connectivity index (χ3n) is 5.57. The first-order valence-electron chi connectivity index (χ1n) is 9.96. The molecule has 4 atom stereocenters. The summed E-state index contributed by atoms with van der Waals surface area (Å²) < 4.78 is 18.3. The second-order valence-corrected chi connectivity index (χ2v) is 7.72. The summed E-state index contributed by atoms with van der Waals surface area (Å²) in [5.74, 6) is 0. The van der Waals surface area contributed by atoms with Crippen LogP contribution in [0.1, 0.15) is 47.6 Å². The van der Waals surface area contributed by atoms with Crippen LogP contribution in [0.25, 0.3) is 0 Å². The minimum absolute atomic E-state index is 0.000346. The molecule has 2 N–H and O–H groups in total. The molecule has 0 aromatic heterocycles. The smallest absolute Gasteiger partial charge is 0.158 e. The Morgan fingerprint density at radius 1 is 1.07 bits per heavy atom. The molecular weight excluding hydrogens is 338 g/mol. The Hall–Kier alpha value is -1.72. The van der Waals surface area contributed by atoms with Crippen LogP contribution in [-0.2, 0) is 27.2 Å². The quantitative estimate of drug-likeness (QED) is 0.837. The molecular formula is C23H29NO3. The third kappa shape index (κ3) is 4.58. The van der Waals surface area contributed by atoms with E-state index in [-0.39, 0.29) is 24.5 Å². The SMILES string of the molecule is Cc1ccc(COCC2CCCC(O[C@@H]3Cc4ccccc4[C@@H]3N)O2)cc1. The first-order valence-corrected chi connectivity index (χ1v) is 9.96. The summed E-state index contributed by atoms with van der Waals surface area (Å²) in [6, 6.07) is 16.7. The molecule has 0 spiro atoms. The molecule has 1 aliphatic carbocycles. The van der Waals surface area contributed by atoms with Gasteiger partial charge in [0.15, 0.2) is 6.29 Å². The van der Waals surface area contributed by atoms with Gasteiger partial charge in [0.1, 0.15) is 0 Å². The van der Waals surface area contributed by atoms with Crippen molar-refractivity contribution < 1.29 is 14.2 Å². The van der Waals surface area contributed by atoms with Crippen LogP contribution in [-0.4, -0.2) is 25.1 Å². The highest BCUT2D eigenvalue weighted by Crippen LogP contribution is 2.33. The summed E-state index contributed by atoms with van der Waals surface area (Å²) in [5, 5.41) is 0. The van der Waals surface area contributed by atoms with Crippen LogP contribution in [0.4, 0.5) is 0 Å². The summed E-state index contributed by atoms with van der Waals surface area (Å²) in [6.45, 7) is 3.31. The van der Waals surface area contributed by atoms with Gasteiger partial charge in [-0.1, -0.05) is 54.1 Å². The predicted octanol–water partition coefficient (Wildman–Crippen LogP) is 4.05. The minimum Gasteiger partial charge on any atom is -0.374 e. The van der Waals surface area contributed by atoms with E-state index >= 15 is 0 Å². The fourth-order valence-corrected chi connectivity index (χ4v) is 4.00. The first-order chi connectivity index (χ1) is 13.2. The molecule has 27 heavy (non-hydrogen) atoms. The van der Waals surface area contributed by atoms with E-state index in [1.807, 2.05) is 6.07 Å². The molecule has 4 heteroatoms. The van der Waals surface area contributed by atoms with Gasteiger partial charge in [0.25, 0.3) is 0 Å². The Balaban J connectivity index is 1.24. The largest absolute Gasteiger partial charge is 0.374 e. The van der Waals surface area contributed by atoms with E-state index in [1.165, 1.54) is 22.3 Å². The monoisotopic (exact) mass is 367 g/mol. The van der Waals surface area contributed by atoms with Crippen LogP contribution in [0.15, 0.2) is 48.5 Å². The Morgan fingerprint density at radius 2 is 1.89 bits per heavy atom. The van der Waals surface area contributed by atoms with E-state index in [4.69, 9.17) is 19.9 Å². The highest BCUT2D eigenvalue weighted by molar-refractivity contribution is 5.36. The lowest BCUT2D eigenvalue weighted by molar-refractivity contribution is -0.225. The number of nitrogens with two attached hydrogens (primary N) is 1. The first kappa shape index (κ1) is 18.6. The maximum absolute atomic E-state index is 6.39. The topological polar surface area (TPSA) is 53.7 Å². The van der Waals surface area contributed by atoms with E-state index < -0.39 is 0 Å². The highest BCUT2D eigenvalue weighted by Gasteiger charge is 2.34. The summed E-state index contributed by atoms with van der Waals surface area (Å²) in [5.41, 5.74) is 11.4. The van der Waals surface area contributed by atoms with Crippen LogP contribution < -0.4 is 5.73 Å². The lowest BCUT2D eigenvalue weighted by Gasteiger charge is -2.32. The van der Waals surface area contributed by atoms with Crippen LogP contribution >= 0.6 is 0 Å². The molecule has 0 radical (unpaired) electrons. The van der Waals surface area contributed by atoms with Gasteiger partial charge in [-0.05, 0) is 42.9 Å². The molecule has 0 saturated carbocycles. The molecule has 2 unspecified atom stereocenters. The second kappa shape index (κ2) is 8.53. The second-order valence-electron chi connectivity index (χ2n) is 7.72. The van der Waals surface area contributed by atoms with Crippen LogP contribution in [0.5, 0.6) is 0 Å². The lowest BCUT2D eigenvalue weighted by Crippen LogP contribution is -2.37. The summed E-state index contributed by atoms with van der Waals surface area (Å²) in [4.78, 5) is 0. The van der Waals surface area contributed by atoms with E-state index in [0.717, 1.165) is 25.7 Å². The van der Waals surface area contributed by atoms with Gasteiger partial charge in [0.05, 0.1) is 31.5 Å². The maximum atomic E-state index is 6.39. The Kier molecular flexibility index (Phi) is 5.89. The molecule has 1 fully saturated rings. The Morgan fingerprint density at radius 3 is 2.70 bits per heavy atom. The van der Waals surface area contributed by atoms with Gasteiger partial charge < -0.3 is 19.9 Å².